The van der Waals surface area contributed by atoms with Gasteiger partial charge in [-0.3, -0.25) is 4.79 Å². The summed E-state index contributed by atoms with van der Waals surface area (Å²) in [4.78, 5) is 11.0. The number of rotatable bonds is 5. The van der Waals surface area contributed by atoms with Crippen molar-refractivity contribution in [3.63, 3.8) is 0 Å². The summed E-state index contributed by atoms with van der Waals surface area (Å²) >= 11 is 3.30. The fraction of sp³-hybridized carbons (Fsp3) is 0.364. The molecule has 0 radical (unpaired) electrons. The molecule has 5 N–H and O–H groups in total. The summed E-state index contributed by atoms with van der Waals surface area (Å²) in [7, 11) is 0. The van der Waals surface area contributed by atoms with Crippen molar-refractivity contribution in [2.75, 3.05) is 11.9 Å². The van der Waals surface area contributed by atoms with Crippen molar-refractivity contribution < 1.29 is 4.79 Å². The molecule has 0 saturated heterocycles. The van der Waals surface area contributed by atoms with Crippen molar-refractivity contribution >= 4 is 27.5 Å². The van der Waals surface area contributed by atoms with Crippen LogP contribution in [-0.2, 0) is 0 Å². The molecule has 1 aromatic carbocycles. The summed E-state index contributed by atoms with van der Waals surface area (Å²) in [5.74, 6) is -0.436. The molecular formula is C11H16BrN3O. The number of carbonyl (C=O) groups excluding carboxylic acids is 1. The zero-order valence-corrected chi connectivity index (χ0v) is 10.8. The standard InChI is InChI=1S/C11H16BrN3O/c1-7(13)4-5-15-8-2-3-9(11(14)16)10(12)6-8/h2-3,6-7,15H,4-5,13H2,1H3,(H2,14,16). The van der Waals surface area contributed by atoms with Gasteiger partial charge in [-0.2, -0.15) is 0 Å². The summed E-state index contributed by atoms with van der Waals surface area (Å²) in [5, 5.41) is 3.22. The Hall–Kier alpha value is -1.07. The summed E-state index contributed by atoms with van der Waals surface area (Å²) in [6, 6.07) is 5.54. The lowest BCUT2D eigenvalue weighted by Gasteiger charge is -2.09. The Kier molecular flexibility index (Phi) is 4.76. The number of hydrogen-bond donors (Lipinski definition) is 3. The maximum Gasteiger partial charge on any atom is 0.249 e. The first-order valence-electron chi connectivity index (χ1n) is 5.09. The Labute approximate surface area is 104 Å². The Morgan fingerprint density at radius 2 is 2.25 bits per heavy atom. The van der Waals surface area contributed by atoms with Crippen LogP contribution < -0.4 is 16.8 Å². The monoisotopic (exact) mass is 285 g/mol. The second kappa shape index (κ2) is 5.86. The molecule has 0 fully saturated rings. The molecule has 0 bridgehead atoms. The van der Waals surface area contributed by atoms with E-state index in [0.717, 1.165) is 18.7 Å². The SMILES string of the molecule is CC(N)CCNc1ccc(C(N)=O)c(Br)c1. The molecular weight excluding hydrogens is 270 g/mol. The molecule has 0 saturated carbocycles. The summed E-state index contributed by atoms with van der Waals surface area (Å²) < 4.78 is 0.700. The van der Waals surface area contributed by atoms with Gasteiger partial charge in [0.25, 0.3) is 0 Å². The third-order valence-corrected chi connectivity index (χ3v) is 2.82. The van der Waals surface area contributed by atoms with Gasteiger partial charge in [-0.15, -0.1) is 0 Å². The van der Waals surface area contributed by atoms with E-state index in [4.69, 9.17) is 11.5 Å². The minimum Gasteiger partial charge on any atom is -0.385 e. The van der Waals surface area contributed by atoms with E-state index < -0.39 is 5.91 Å². The minimum atomic E-state index is -0.436. The number of halogens is 1. The highest BCUT2D eigenvalue weighted by Gasteiger charge is 2.06. The average Bonchev–Trinajstić information content (AvgIpc) is 2.16. The first kappa shape index (κ1) is 13.0. The molecule has 1 atom stereocenters. The molecule has 0 heterocycles. The molecule has 4 nitrogen and oxygen atoms in total. The predicted molar refractivity (Wildman–Crippen MR) is 69.4 cm³/mol. The smallest absolute Gasteiger partial charge is 0.249 e. The van der Waals surface area contributed by atoms with Crippen LogP contribution in [0.2, 0.25) is 0 Å². The second-order valence-corrected chi connectivity index (χ2v) is 4.61. The van der Waals surface area contributed by atoms with E-state index in [9.17, 15) is 4.79 Å². The van der Waals surface area contributed by atoms with Gasteiger partial charge in [-0.05, 0) is 47.5 Å². The molecule has 5 heteroatoms. The molecule has 88 valence electrons. The van der Waals surface area contributed by atoms with Crippen molar-refractivity contribution in [2.24, 2.45) is 11.5 Å². The zero-order valence-electron chi connectivity index (χ0n) is 9.16. The zero-order chi connectivity index (χ0) is 12.1. The normalized spacial score (nSPS) is 12.2. The van der Waals surface area contributed by atoms with Crippen molar-refractivity contribution in [1.82, 2.24) is 0 Å². The van der Waals surface area contributed by atoms with Crippen LogP contribution in [0.3, 0.4) is 0 Å². The molecule has 1 rings (SSSR count). The van der Waals surface area contributed by atoms with Gasteiger partial charge in [-0.1, -0.05) is 0 Å². The van der Waals surface area contributed by atoms with Gasteiger partial charge in [-0.25, -0.2) is 0 Å². The summed E-state index contributed by atoms with van der Waals surface area (Å²) in [5.41, 5.74) is 12.3. The maximum atomic E-state index is 11.0. The lowest BCUT2D eigenvalue weighted by atomic mass is 10.2. The molecule has 1 amide bonds. The van der Waals surface area contributed by atoms with Crippen molar-refractivity contribution in [3.05, 3.63) is 28.2 Å². The van der Waals surface area contributed by atoms with Crippen molar-refractivity contribution in [2.45, 2.75) is 19.4 Å². The van der Waals surface area contributed by atoms with E-state index in [-0.39, 0.29) is 6.04 Å². The average molecular weight is 286 g/mol. The third-order valence-electron chi connectivity index (χ3n) is 2.16. The number of nitrogens with one attached hydrogen (secondary N) is 1. The Morgan fingerprint density at radius 3 is 2.75 bits per heavy atom. The van der Waals surface area contributed by atoms with Gasteiger partial charge in [0, 0.05) is 22.7 Å². The predicted octanol–water partition coefficient (Wildman–Crippen LogP) is 1.70. The highest BCUT2D eigenvalue weighted by atomic mass is 79.9. The van der Waals surface area contributed by atoms with Crippen LogP contribution in [0.25, 0.3) is 0 Å². The lowest BCUT2D eigenvalue weighted by Crippen LogP contribution is -2.19. The largest absolute Gasteiger partial charge is 0.385 e. The topological polar surface area (TPSA) is 81.1 Å². The molecule has 0 aliphatic rings. The fourth-order valence-corrected chi connectivity index (χ4v) is 1.84. The molecule has 0 aliphatic heterocycles. The minimum absolute atomic E-state index is 0.181. The number of hydrogen-bond acceptors (Lipinski definition) is 3. The number of benzene rings is 1. The van der Waals surface area contributed by atoms with Gasteiger partial charge >= 0.3 is 0 Å². The number of anilines is 1. The van der Waals surface area contributed by atoms with Gasteiger partial charge < -0.3 is 16.8 Å². The quantitative estimate of drug-likeness (QED) is 0.770. The van der Waals surface area contributed by atoms with Gasteiger partial charge in [0.05, 0.1) is 5.56 Å². The Bertz CT molecular complexity index is 379. The number of amides is 1. The molecule has 0 aliphatic carbocycles. The molecule has 16 heavy (non-hydrogen) atoms. The van der Waals surface area contributed by atoms with Crippen LogP contribution in [-0.4, -0.2) is 18.5 Å². The number of nitrogens with two attached hydrogens (primary N) is 2. The Morgan fingerprint density at radius 1 is 1.56 bits per heavy atom. The van der Waals surface area contributed by atoms with Crippen LogP contribution in [0.1, 0.15) is 23.7 Å². The first-order valence-corrected chi connectivity index (χ1v) is 5.89. The van der Waals surface area contributed by atoms with Crippen molar-refractivity contribution in [1.29, 1.82) is 0 Å². The molecule has 0 spiro atoms. The van der Waals surface area contributed by atoms with Gasteiger partial charge in [0.2, 0.25) is 5.91 Å². The van der Waals surface area contributed by atoms with Crippen LogP contribution in [0, 0.1) is 0 Å². The molecule has 1 unspecified atom stereocenters. The van der Waals surface area contributed by atoms with Crippen LogP contribution in [0.5, 0.6) is 0 Å². The highest BCUT2D eigenvalue weighted by Crippen LogP contribution is 2.21. The maximum absolute atomic E-state index is 11.0. The summed E-state index contributed by atoms with van der Waals surface area (Å²) in [6.07, 6.45) is 0.898. The van der Waals surface area contributed by atoms with Gasteiger partial charge in [0.1, 0.15) is 0 Å². The first-order chi connectivity index (χ1) is 7.50. The molecule has 0 aromatic heterocycles. The van der Waals surface area contributed by atoms with E-state index in [0.29, 0.717) is 10.0 Å². The number of carbonyl (C=O) groups is 1. The summed E-state index contributed by atoms with van der Waals surface area (Å²) in [6.45, 7) is 2.77. The van der Waals surface area contributed by atoms with Crippen LogP contribution >= 0.6 is 15.9 Å². The van der Waals surface area contributed by atoms with Crippen LogP contribution in [0.15, 0.2) is 22.7 Å². The molecule has 1 aromatic rings. The van der Waals surface area contributed by atoms with E-state index in [2.05, 4.69) is 21.2 Å². The van der Waals surface area contributed by atoms with Gasteiger partial charge in [0.15, 0.2) is 0 Å². The van der Waals surface area contributed by atoms with E-state index in [1.54, 1.807) is 6.07 Å². The Balaban J connectivity index is 2.63. The highest BCUT2D eigenvalue weighted by molar-refractivity contribution is 9.10. The third kappa shape index (κ3) is 3.83. The van der Waals surface area contributed by atoms with Crippen molar-refractivity contribution in [3.8, 4) is 0 Å². The second-order valence-electron chi connectivity index (χ2n) is 3.75. The van der Waals surface area contributed by atoms with Crippen LogP contribution in [0.4, 0.5) is 5.69 Å². The van der Waals surface area contributed by atoms with E-state index >= 15 is 0 Å². The lowest BCUT2D eigenvalue weighted by molar-refractivity contribution is 0.0999. The number of primary amides is 1. The van der Waals surface area contributed by atoms with E-state index in [1.165, 1.54) is 0 Å². The van der Waals surface area contributed by atoms with E-state index in [1.807, 2.05) is 19.1 Å². The fourth-order valence-electron chi connectivity index (χ4n) is 1.27.